The Morgan fingerprint density at radius 2 is 1.81 bits per heavy atom. The predicted molar refractivity (Wildman–Crippen MR) is 110 cm³/mol. The number of piperazine rings is 1. The Morgan fingerprint density at radius 1 is 1.07 bits per heavy atom. The summed E-state index contributed by atoms with van der Waals surface area (Å²) in [5.41, 5.74) is 2.00. The Morgan fingerprint density at radius 3 is 2.59 bits per heavy atom. The fourth-order valence-electron chi connectivity index (χ4n) is 3.20. The van der Waals surface area contributed by atoms with Crippen molar-refractivity contribution in [2.24, 2.45) is 0 Å². The normalized spacial score (nSPS) is 14.7. The molecule has 2 aromatic carbocycles. The lowest BCUT2D eigenvalue weighted by molar-refractivity contribution is -0.136. The first-order valence-electron chi connectivity index (χ1n) is 8.90. The van der Waals surface area contributed by atoms with Crippen LogP contribution in [0.1, 0.15) is 5.01 Å². The molecule has 0 atom stereocenters. The fourth-order valence-corrected chi connectivity index (χ4v) is 4.36. The SMILES string of the molecule is O=C(COCc1nc2ccccc2s1)N1CCN(c2ccccc2Cl)CC1. The van der Waals surface area contributed by atoms with E-state index in [1.165, 1.54) is 0 Å². The second kappa shape index (κ2) is 8.25. The summed E-state index contributed by atoms with van der Waals surface area (Å²) >= 11 is 7.87. The number of carbonyl (C=O) groups is 1. The summed E-state index contributed by atoms with van der Waals surface area (Å²) < 4.78 is 6.75. The number of rotatable bonds is 5. The standard InChI is InChI=1S/C20H20ClN3O2S/c21-15-5-1-3-7-17(15)23-9-11-24(12-10-23)20(25)14-26-13-19-22-16-6-2-4-8-18(16)27-19/h1-8H,9-14H2. The lowest BCUT2D eigenvalue weighted by atomic mass is 10.2. The summed E-state index contributed by atoms with van der Waals surface area (Å²) in [5.74, 6) is 0.0231. The van der Waals surface area contributed by atoms with E-state index in [2.05, 4.69) is 9.88 Å². The predicted octanol–water partition coefficient (Wildman–Crippen LogP) is 3.82. The lowest BCUT2D eigenvalue weighted by Crippen LogP contribution is -2.49. The van der Waals surface area contributed by atoms with Gasteiger partial charge in [-0.25, -0.2) is 4.98 Å². The molecule has 1 saturated heterocycles. The van der Waals surface area contributed by atoms with Gasteiger partial charge in [-0.05, 0) is 24.3 Å². The van der Waals surface area contributed by atoms with Crippen LogP contribution in [0.5, 0.6) is 0 Å². The first-order valence-corrected chi connectivity index (χ1v) is 10.1. The quantitative estimate of drug-likeness (QED) is 0.652. The highest BCUT2D eigenvalue weighted by molar-refractivity contribution is 7.18. The van der Waals surface area contributed by atoms with E-state index in [1.807, 2.05) is 53.4 Å². The number of carbonyl (C=O) groups excluding carboxylic acids is 1. The zero-order valence-electron chi connectivity index (χ0n) is 14.8. The molecule has 0 unspecified atom stereocenters. The van der Waals surface area contributed by atoms with Crippen LogP contribution >= 0.6 is 22.9 Å². The number of fused-ring (bicyclic) bond motifs is 1. The fraction of sp³-hybridized carbons (Fsp3) is 0.300. The number of hydrogen-bond acceptors (Lipinski definition) is 5. The Hall–Kier alpha value is -2.15. The summed E-state index contributed by atoms with van der Waals surface area (Å²) in [6.45, 7) is 3.34. The van der Waals surface area contributed by atoms with Gasteiger partial charge in [-0.1, -0.05) is 35.9 Å². The number of para-hydroxylation sites is 2. The molecule has 0 bridgehead atoms. The van der Waals surface area contributed by atoms with E-state index in [0.29, 0.717) is 19.7 Å². The van der Waals surface area contributed by atoms with E-state index >= 15 is 0 Å². The molecule has 4 rings (SSSR count). The van der Waals surface area contributed by atoms with Crippen LogP contribution in [-0.4, -0.2) is 48.6 Å². The molecule has 27 heavy (non-hydrogen) atoms. The van der Waals surface area contributed by atoms with Gasteiger partial charge in [-0.2, -0.15) is 0 Å². The summed E-state index contributed by atoms with van der Waals surface area (Å²) in [6.07, 6.45) is 0. The van der Waals surface area contributed by atoms with E-state index in [9.17, 15) is 4.79 Å². The molecular formula is C20H20ClN3O2S. The molecule has 5 nitrogen and oxygen atoms in total. The molecule has 1 amide bonds. The van der Waals surface area contributed by atoms with Crippen LogP contribution in [0.25, 0.3) is 10.2 Å². The van der Waals surface area contributed by atoms with Crippen LogP contribution in [0.4, 0.5) is 5.69 Å². The first-order chi connectivity index (χ1) is 13.2. The van der Waals surface area contributed by atoms with E-state index < -0.39 is 0 Å². The first kappa shape index (κ1) is 18.2. The minimum absolute atomic E-state index is 0.0231. The lowest BCUT2D eigenvalue weighted by Gasteiger charge is -2.36. The van der Waals surface area contributed by atoms with Gasteiger partial charge in [0, 0.05) is 26.2 Å². The monoisotopic (exact) mass is 401 g/mol. The average molecular weight is 402 g/mol. The number of hydrogen-bond donors (Lipinski definition) is 0. The summed E-state index contributed by atoms with van der Waals surface area (Å²) in [4.78, 5) is 21.0. The second-order valence-electron chi connectivity index (χ2n) is 6.39. The van der Waals surface area contributed by atoms with Crippen LogP contribution in [-0.2, 0) is 16.1 Å². The van der Waals surface area contributed by atoms with Crippen molar-refractivity contribution >= 4 is 44.7 Å². The molecule has 1 aliphatic rings. The van der Waals surface area contributed by atoms with Crippen molar-refractivity contribution in [3.05, 3.63) is 58.6 Å². The average Bonchev–Trinajstić information content (AvgIpc) is 3.11. The Labute approximate surface area is 167 Å². The number of ether oxygens (including phenoxy) is 1. The molecule has 1 aromatic heterocycles. The molecule has 0 radical (unpaired) electrons. The van der Waals surface area contributed by atoms with Crippen molar-refractivity contribution in [2.45, 2.75) is 6.61 Å². The van der Waals surface area contributed by atoms with Crippen molar-refractivity contribution in [2.75, 3.05) is 37.7 Å². The maximum absolute atomic E-state index is 12.4. The Bertz CT molecular complexity index is 905. The van der Waals surface area contributed by atoms with E-state index in [0.717, 1.165) is 39.0 Å². The molecule has 3 aromatic rings. The van der Waals surface area contributed by atoms with Crippen LogP contribution in [0, 0.1) is 0 Å². The zero-order valence-corrected chi connectivity index (χ0v) is 16.4. The van der Waals surface area contributed by atoms with E-state index in [-0.39, 0.29) is 12.5 Å². The summed E-state index contributed by atoms with van der Waals surface area (Å²) in [7, 11) is 0. The van der Waals surface area contributed by atoms with Gasteiger partial charge >= 0.3 is 0 Å². The van der Waals surface area contributed by atoms with Gasteiger partial charge in [0.05, 0.1) is 27.5 Å². The molecule has 0 saturated carbocycles. The van der Waals surface area contributed by atoms with Crippen molar-refractivity contribution < 1.29 is 9.53 Å². The van der Waals surface area contributed by atoms with Crippen LogP contribution in [0.2, 0.25) is 5.02 Å². The minimum Gasteiger partial charge on any atom is -0.367 e. The largest absolute Gasteiger partial charge is 0.367 e. The van der Waals surface area contributed by atoms with Gasteiger partial charge in [0.2, 0.25) is 5.91 Å². The van der Waals surface area contributed by atoms with Crippen molar-refractivity contribution in [3.63, 3.8) is 0 Å². The van der Waals surface area contributed by atoms with Gasteiger partial charge in [-0.3, -0.25) is 4.79 Å². The molecule has 2 heterocycles. The van der Waals surface area contributed by atoms with Crippen LogP contribution < -0.4 is 4.90 Å². The highest BCUT2D eigenvalue weighted by Crippen LogP contribution is 2.26. The molecule has 0 N–H and O–H groups in total. The smallest absolute Gasteiger partial charge is 0.248 e. The number of thiazole rings is 1. The number of aromatic nitrogens is 1. The second-order valence-corrected chi connectivity index (χ2v) is 7.91. The van der Waals surface area contributed by atoms with Crippen molar-refractivity contribution in [1.29, 1.82) is 0 Å². The minimum atomic E-state index is 0.0231. The van der Waals surface area contributed by atoms with E-state index in [4.69, 9.17) is 16.3 Å². The number of anilines is 1. The van der Waals surface area contributed by atoms with Crippen LogP contribution in [0.15, 0.2) is 48.5 Å². The van der Waals surface area contributed by atoms with Gasteiger partial charge in [0.15, 0.2) is 0 Å². The van der Waals surface area contributed by atoms with Gasteiger partial charge in [-0.15, -0.1) is 11.3 Å². The third-order valence-electron chi connectivity index (χ3n) is 4.61. The highest BCUT2D eigenvalue weighted by Gasteiger charge is 2.22. The number of nitrogens with zero attached hydrogens (tertiary/aromatic N) is 3. The third-order valence-corrected chi connectivity index (χ3v) is 5.94. The number of benzene rings is 2. The number of amides is 1. The molecular weight excluding hydrogens is 382 g/mol. The maximum Gasteiger partial charge on any atom is 0.248 e. The molecule has 1 aliphatic heterocycles. The molecule has 0 spiro atoms. The highest BCUT2D eigenvalue weighted by atomic mass is 35.5. The molecule has 140 valence electrons. The Balaban J connectivity index is 1.25. The summed E-state index contributed by atoms with van der Waals surface area (Å²) in [6, 6.07) is 15.8. The Kier molecular flexibility index (Phi) is 5.57. The van der Waals surface area contributed by atoms with Gasteiger partial charge in [0.25, 0.3) is 0 Å². The summed E-state index contributed by atoms with van der Waals surface area (Å²) in [5, 5.41) is 1.64. The van der Waals surface area contributed by atoms with Gasteiger partial charge in [0.1, 0.15) is 11.6 Å². The topological polar surface area (TPSA) is 45.7 Å². The maximum atomic E-state index is 12.4. The van der Waals surface area contributed by atoms with Gasteiger partial charge < -0.3 is 14.5 Å². The zero-order chi connectivity index (χ0) is 18.6. The van der Waals surface area contributed by atoms with E-state index in [1.54, 1.807) is 11.3 Å². The van der Waals surface area contributed by atoms with Crippen molar-refractivity contribution in [1.82, 2.24) is 9.88 Å². The molecule has 0 aliphatic carbocycles. The number of halogens is 1. The molecule has 7 heteroatoms. The van der Waals surface area contributed by atoms with Crippen molar-refractivity contribution in [3.8, 4) is 0 Å². The molecule has 1 fully saturated rings. The van der Waals surface area contributed by atoms with Crippen LogP contribution in [0.3, 0.4) is 0 Å². The third kappa shape index (κ3) is 4.24.